The smallest absolute Gasteiger partial charge is 0.462 e. The van der Waals surface area contributed by atoms with Gasteiger partial charge >= 0.3 is 19.8 Å². The van der Waals surface area contributed by atoms with Crippen molar-refractivity contribution in [2.24, 2.45) is 0 Å². The zero-order valence-electron chi connectivity index (χ0n) is 33.7. The lowest BCUT2D eigenvalue weighted by molar-refractivity contribution is -0.870. The Balaban J connectivity index is 4.48. The molecule has 3 atom stereocenters. The van der Waals surface area contributed by atoms with Gasteiger partial charge in [-0.05, 0) is 38.5 Å². The molecule has 304 valence electrons. The van der Waals surface area contributed by atoms with Crippen LogP contribution in [0, 0.1) is 0 Å². The van der Waals surface area contributed by atoms with Gasteiger partial charge < -0.3 is 24.0 Å². The summed E-state index contributed by atoms with van der Waals surface area (Å²) in [5, 5.41) is 9.87. The van der Waals surface area contributed by atoms with E-state index in [0.29, 0.717) is 23.9 Å². The quantitative estimate of drug-likeness (QED) is 0.0160. The number of aliphatic hydroxyl groups excluding tert-OH is 1. The number of ether oxygens (including phenoxy) is 2. The Morgan fingerprint density at radius 2 is 1.25 bits per heavy atom. The average molecular weight is 759 g/mol. The minimum absolute atomic E-state index is 0.0183. The predicted molar refractivity (Wildman–Crippen MR) is 212 cm³/mol. The van der Waals surface area contributed by atoms with Crippen molar-refractivity contribution in [3.05, 3.63) is 36.5 Å². The van der Waals surface area contributed by atoms with E-state index in [1.807, 2.05) is 45.4 Å². The second kappa shape index (κ2) is 33.7. The second-order valence-electron chi connectivity index (χ2n) is 14.8. The maximum Gasteiger partial charge on any atom is 0.472 e. The van der Waals surface area contributed by atoms with E-state index in [0.717, 1.165) is 57.8 Å². The lowest BCUT2D eigenvalue weighted by Gasteiger charge is -2.24. The summed E-state index contributed by atoms with van der Waals surface area (Å²) in [4.78, 5) is 35.2. The number of allylic oxidation sites excluding steroid dienone is 4. The predicted octanol–water partition coefficient (Wildman–Crippen LogP) is 9.93. The molecule has 0 aromatic heterocycles. The van der Waals surface area contributed by atoms with Crippen molar-refractivity contribution < 1.29 is 47.2 Å². The van der Waals surface area contributed by atoms with Gasteiger partial charge in [0.2, 0.25) is 0 Å². The SMILES string of the molecule is CC/C=C/CC(O)/C=C/C=C/CCCCCCCC(=O)O[C@H](COC(=O)CCCCCCCCCCCCCC)COP(=O)(O)OCC[N+](C)(C)C. The molecule has 10 nitrogen and oxygen atoms in total. The van der Waals surface area contributed by atoms with Gasteiger partial charge in [0.1, 0.15) is 19.8 Å². The van der Waals surface area contributed by atoms with Crippen LogP contribution in [0.2, 0.25) is 0 Å². The molecule has 52 heavy (non-hydrogen) atoms. The van der Waals surface area contributed by atoms with E-state index in [-0.39, 0.29) is 32.0 Å². The molecule has 0 heterocycles. The first-order valence-electron chi connectivity index (χ1n) is 20.3. The molecule has 0 bridgehead atoms. The molecule has 2 N–H and O–H groups in total. The van der Waals surface area contributed by atoms with Crippen LogP contribution in [0.1, 0.15) is 155 Å². The Hall–Kier alpha value is -1.81. The first kappa shape index (κ1) is 50.2. The summed E-state index contributed by atoms with van der Waals surface area (Å²) in [6, 6.07) is 0. The number of hydrogen-bond acceptors (Lipinski definition) is 8. The average Bonchev–Trinajstić information content (AvgIpc) is 3.08. The van der Waals surface area contributed by atoms with Crippen LogP contribution >= 0.6 is 7.82 Å². The number of unbranched alkanes of at least 4 members (excludes halogenated alkanes) is 16. The third-order valence-electron chi connectivity index (χ3n) is 8.51. The highest BCUT2D eigenvalue weighted by Crippen LogP contribution is 2.43. The standard InChI is InChI=1S/C41H76NO9P/c1-6-8-10-11-12-13-14-15-18-21-24-28-32-40(44)48-36-39(37-50-52(46,47)49-35-34-42(3,4)5)51-41(45)33-29-25-22-19-16-17-20-23-27-31-38(43)30-26-9-7-2/h9,20,23,26-27,31,38-39,43H,6-8,10-19,21-22,24-25,28-30,32-37H2,1-5H3/p+1/b23-20+,26-9+,31-27+/t38?,39-/m1/s1. The van der Waals surface area contributed by atoms with Gasteiger partial charge in [-0.15, -0.1) is 0 Å². The van der Waals surface area contributed by atoms with E-state index in [2.05, 4.69) is 19.9 Å². The largest absolute Gasteiger partial charge is 0.472 e. The molecule has 0 saturated heterocycles. The van der Waals surface area contributed by atoms with Crippen LogP contribution in [-0.4, -0.2) is 86.1 Å². The number of carbonyl (C=O) groups excluding carboxylic acids is 2. The maximum absolute atomic E-state index is 12.6. The van der Waals surface area contributed by atoms with Gasteiger partial charge in [-0.2, -0.15) is 0 Å². The van der Waals surface area contributed by atoms with Crippen molar-refractivity contribution in [3.63, 3.8) is 0 Å². The number of phosphoric ester groups is 1. The monoisotopic (exact) mass is 759 g/mol. The van der Waals surface area contributed by atoms with Gasteiger partial charge in [-0.1, -0.05) is 140 Å². The molecule has 0 aromatic rings. The minimum Gasteiger partial charge on any atom is -0.462 e. The maximum atomic E-state index is 12.6. The first-order valence-corrected chi connectivity index (χ1v) is 21.8. The van der Waals surface area contributed by atoms with Crippen LogP contribution in [0.4, 0.5) is 0 Å². The molecule has 0 saturated carbocycles. The molecular formula is C41H77NO9P+. The van der Waals surface area contributed by atoms with Crippen molar-refractivity contribution in [2.75, 3.05) is 47.5 Å². The molecule has 0 aliphatic heterocycles. The molecule has 2 unspecified atom stereocenters. The summed E-state index contributed by atoms with van der Waals surface area (Å²) < 4.78 is 34.1. The number of aliphatic hydroxyl groups is 1. The van der Waals surface area contributed by atoms with Crippen molar-refractivity contribution in [2.45, 2.75) is 167 Å². The van der Waals surface area contributed by atoms with E-state index in [1.54, 1.807) is 6.08 Å². The number of likely N-dealkylation sites (N-methyl/N-ethyl adjacent to an activating group) is 1. The molecule has 0 aliphatic carbocycles. The van der Waals surface area contributed by atoms with Crippen LogP contribution in [0.25, 0.3) is 0 Å². The molecule has 0 rings (SSSR count). The lowest BCUT2D eigenvalue weighted by Crippen LogP contribution is -2.37. The van der Waals surface area contributed by atoms with E-state index in [9.17, 15) is 24.2 Å². The molecular weight excluding hydrogens is 681 g/mol. The van der Waals surface area contributed by atoms with Gasteiger partial charge in [0.25, 0.3) is 0 Å². The van der Waals surface area contributed by atoms with Gasteiger partial charge in [-0.25, -0.2) is 4.57 Å². The van der Waals surface area contributed by atoms with Crippen molar-refractivity contribution >= 4 is 19.8 Å². The summed E-state index contributed by atoms with van der Waals surface area (Å²) >= 11 is 0. The Morgan fingerprint density at radius 1 is 0.692 bits per heavy atom. The Bertz CT molecular complexity index is 1010. The zero-order valence-corrected chi connectivity index (χ0v) is 34.5. The fraction of sp³-hybridized carbons (Fsp3) is 0.805. The number of quaternary nitrogens is 1. The number of phosphoric acid groups is 1. The van der Waals surface area contributed by atoms with Crippen LogP contribution in [0.3, 0.4) is 0 Å². The molecule has 0 spiro atoms. The normalized spacial score (nSPS) is 14.7. The summed E-state index contributed by atoms with van der Waals surface area (Å²) in [6.45, 7) is 4.15. The highest BCUT2D eigenvalue weighted by atomic mass is 31.2. The minimum atomic E-state index is -4.39. The summed E-state index contributed by atoms with van der Waals surface area (Å²) in [5.74, 6) is -0.853. The van der Waals surface area contributed by atoms with E-state index < -0.39 is 32.6 Å². The van der Waals surface area contributed by atoms with Crippen LogP contribution in [0.15, 0.2) is 36.5 Å². The fourth-order valence-electron chi connectivity index (χ4n) is 5.28. The number of hydrogen-bond donors (Lipinski definition) is 2. The molecule has 0 aromatic carbocycles. The number of rotatable bonds is 36. The topological polar surface area (TPSA) is 129 Å². The number of nitrogens with zero attached hydrogens (tertiary/aromatic N) is 1. The van der Waals surface area contributed by atoms with Gasteiger partial charge in [0.15, 0.2) is 6.10 Å². The Morgan fingerprint density at radius 3 is 1.83 bits per heavy atom. The van der Waals surface area contributed by atoms with Crippen molar-refractivity contribution in [1.29, 1.82) is 0 Å². The summed E-state index contributed by atoms with van der Waals surface area (Å²) in [6.07, 6.45) is 32.3. The summed E-state index contributed by atoms with van der Waals surface area (Å²) in [7, 11) is 1.43. The zero-order chi connectivity index (χ0) is 38.8. The van der Waals surface area contributed by atoms with Crippen LogP contribution in [-0.2, 0) is 32.7 Å². The van der Waals surface area contributed by atoms with Crippen LogP contribution in [0.5, 0.6) is 0 Å². The van der Waals surface area contributed by atoms with Crippen LogP contribution < -0.4 is 0 Å². The Kier molecular flexibility index (Phi) is 32.6. The van der Waals surface area contributed by atoms with Gasteiger partial charge in [0, 0.05) is 12.8 Å². The highest BCUT2D eigenvalue weighted by molar-refractivity contribution is 7.47. The van der Waals surface area contributed by atoms with E-state index >= 15 is 0 Å². The second-order valence-corrected chi connectivity index (χ2v) is 16.3. The summed E-state index contributed by atoms with van der Waals surface area (Å²) in [5.41, 5.74) is 0. The van der Waals surface area contributed by atoms with Gasteiger partial charge in [-0.3, -0.25) is 18.6 Å². The van der Waals surface area contributed by atoms with Gasteiger partial charge in [0.05, 0.1) is 33.9 Å². The Labute approximate surface area is 317 Å². The first-order chi connectivity index (χ1) is 24.9. The molecule has 0 radical (unpaired) electrons. The van der Waals surface area contributed by atoms with Crippen molar-refractivity contribution in [1.82, 2.24) is 0 Å². The van der Waals surface area contributed by atoms with E-state index in [4.69, 9.17) is 18.5 Å². The fourth-order valence-corrected chi connectivity index (χ4v) is 6.03. The third kappa shape index (κ3) is 36.5. The lowest BCUT2D eigenvalue weighted by atomic mass is 10.0. The molecule has 0 aliphatic rings. The van der Waals surface area contributed by atoms with E-state index in [1.165, 1.54) is 57.8 Å². The molecule has 0 amide bonds. The number of esters is 2. The molecule has 11 heteroatoms. The highest BCUT2D eigenvalue weighted by Gasteiger charge is 2.27. The molecule has 0 fully saturated rings. The third-order valence-corrected chi connectivity index (χ3v) is 9.50. The number of carbonyl (C=O) groups is 2. The van der Waals surface area contributed by atoms with Crippen molar-refractivity contribution in [3.8, 4) is 0 Å².